The molecule has 1 aliphatic heterocycles. The molecule has 1 unspecified atom stereocenters. The Kier molecular flexibility index (Phi) is 5.12. The van der Waals surface area contributed by atoms with E-state index in [2.05, 4.69) is 0 Å². The van der Waals surface area contributed by atoms with Crippen molar-refractivity contribution in [2.45, 2.75) is 32.2 Å². The molecule has 1 aliphatic rings. The average molecular weight is 310 g/mol. The van der Waals surface area contributed by atoms with Gasteiger partial charge in [0.25, 0.3) is 0 Å². The fourth-order valence-corrected chi connectivity index (χ4v) is 2.72. The summed E-state index contributed by atoms with van der Waals surface area (Å²) in [7, 11) is 0. The minimum Gasteiger partial charge on any atom is -0.464 e. The lowest BCUT2D eigenvalue weighted by Gasteiger charge is -2.36. The van der Waals surface area contributed by atoms with Crippen LogP contribution in [-0.4, -0.2) is 30.2 Å². The highest BCUT2D eigenvalue weighted by molar-refractivity contribution is 7.80. The predicted octanol–water partition coefficient (Wildman–Crippen LogP) is 2.38. The van der Waals surface area contributed by atoms with Crippen LogP contribution < -0.4 is 10.6 Å². The number of carbonyl (C=O) groups excluding carboxylic acids is 1. The molecule has 0 aromatic heterocycles. The Balaban J connectivity index is 2.29. The van der Waals surface area contributed by atoms with Crippen LogP contribution in [-0.2, 0) is 9.53 Å². The third-order valence-electron chi connectivity index (χ3n) is 3.60. The Bertz CT molecular complexity index is 550. The molecule has 0 bridgehead atoms. The van der Waals surface area contributed by atoms with Crippen LogP contribution in [0.5, 0.6) is 0 Å². The highest BCUT2D eigenvalue weighted by Crippen LogP contribution is 2.28. The van der Waals surface area contributed by atoms with Gasteiger partial charge in [-0.2, -0.15) is 0 Å². The van der Waals surface area contributed by atoms with Crippen LogP contribution in [0.2, 0.25) is 0 Å². The monoisotopic (exact) mass is 310 g/mol. The molecule has 1 aromatic carbocycles. The van der Waals surface area contributed by atoms with Crippen molar-refractivity contribution in [3.8, 4) is 0 Å². The normalized spacial score (nSPS) is 18.4. The fraction of sp³-hybridized carbons (Fsp3) is 0.467. The highest BCUT2D eigenvalue weighted by atomic mass is 32.1. The van der Waals surface area contributed by atoms with Crippen LogP contribution in [0, 0.1) is 5.82 Å². The summed E-state index contributed by atoms with van der Waals surface area (Å²) >= 11 is 4.84. The van der Waals surface area contributed by atoms with E-state index < -0.39 is 11.9 Å². The molecule has 114 valence electrons. The number of benzene rings is 1. The van der Waals surface area contributed by atoms with Gasteiger partial charge in [0.05, 0.1) is 12.3 Å². The first-order chi connectivity index (χ1) is 10.0. The van der Waals surface area contributed by atoms with Gasteiger partial charge in [0.1, 0.15) is 16.8 Å². The van der Waals surface area contributed by atoms with Crippen LogP contribution >= 0.6 is 12.2 Å². The summed E-state index contributed by atoms with van der Waals surface area (Å²) in [4.78, 5) is 14.0. The molecule has 1 atom stereocenters. The summed E-state index contributed by atoms with van der Waals surface area (Å²) in [6, 6.07) is 4.19. The molecule has 1 fully saturated rings. The lowest BCUT2D eigenvalue weighted by molar-refractivity contribution is -0.145. The van der Waals surface area contributed by atoms with Crippen LogP contribution in [0.25, 0.3) is 0 Å². The van der Waals surface area contributed by atoms with E-state index in [-0.39, 0.29) is 11.0 Å². The van der Waals surface area contributed by atoms with Crippen LogP contribution in [0.15, 0.2) is 18.2 Å². The molecule has 2 N–H and O–H groups in total. The summed E-state index contributed by atoms with van der Waals surface area (Å²) in [5.41, 5.74) is 6.38. The van der Waals surface area contributed by atoms with Gasteiger partial charge in [-0.15, -0.1) is 0 Å². The van der Waals surface area contributed by atoms with E-state index in [1.165, 1.54) is 6.07 Å². The van der Waals surface area contributed by atoms with E-state index in [1.807, 2.05) is 0 Å². The van der Waals surface area contributed by atoms with Crippen molar-refractivity contribution in [3.63, 3.8) is 0 Å². The van der Waals surface area contributed by atoms with Gasteiger partial charge in [-0.25, -0.2) is 9.18 Å². The Morgan fingerprint density at radius 3 is 2.90 bits per heavy atom. The van der Waals surface area contributed by atoms with Crippen molar-refractivity contribution >= 4 is 28.9 Å². The molecule has 6 heteroatoms. The number of anilines is 1. The van der Waals surface area contributed by atoms with Gasteiger partial charge in [-0.05, 0) is 44.4 Å². The van der Waals surface area contributed by atoms with Crippen molar-refractivity contribution in [1.82, 2.24) is 0 Å². The number of nitrogens with zero attached hydrogens (tertiary/aromatic N) is 1. The lowest BCUT2D eigenvalue weighted by Crippen LogP contribution is -2.46. The Labute approximate surface area is 129 Å². The standard InChI is InChI=1S/C15H19FN2O2S/c1-2-20-15(19)13-5-3-4-8-18(13)12-7-6-10(14(17)21)9-11(12)16/h6-7,9,13H,2-5,8H2,1H3,(H2,17,21). The third-order valence-corrected chi connectivity index (χ3v) is 3.84. The van der Waals surface area contributed by atoms with Gasteiger partial charge < -0.3 is 15.4 Å². The first-order valence-corrected chi connectivity index (χ1v) is 7.48. The predicted molar refractivity (Wildman–Crippen MR) is 83.9 cm³/mol. The Morgan fingerprint density at radius 1 is 1.52 bits per heavy atom. The number of hydrogen-bond acceptors (Lipinski definition) is 4. The molecule has 0 saturated carbocycles. The van der Waals surface area contributed by atoms with Gasteiger partial charge in [0.15, 0.2) is 0 Å². The molecule has 0 amide bonds. The SMILES string of the molecule is CCOC(=O)C1CCCCN1c1ccc(C(N)=S)cc1F. The second kappa shape index (κ2) is 6.85. The molecule has 21 heavy (non-hydrogen) atoms. The smallest absolute Gasteiger partial charge is 0.328 e. The minimum absolute atomic E-state index is 0.154. The van der Waals surface area contributed by atoms with Crippen LogP contribution in [0.3, 0.4) is 0 Å². The summed E-state index contributed by atoms with van der Waals surface area (Å²) in [5.74, 6) is -0.716. The summed E-state index contributed by atoms with van der Waals surface area (Å²) in [5, 5.41) is 0. The quantitative estimate of drug-likeness (QED) is 0.683. The summed E-state index contributed by atoms with van der Waals surface area (Å²) in [6.45, 7) is 2.72. The number of rotatable bonds is 4. The molecule has 1 aromatic rings. The van der Waals surface area contributed by atoms with Gasteiger partial charge in [-0.1, -0.05) is 12.2 Å². The summed E-state index contributed by atoms with van der Waals surface area (Å²) < 4.78 is 19.4. The zero-order valence-corrected chi connectivity index (χ0v) is 12.8. The van der Waals surface area contributed by atoms with Gasteiger partial charge in [0.2, 0.25) is 0 Å². The minimum atomic E-state index is -0.427. The van der Waals surface area contributed by atoms with Crippen molar-refractivity contribution in [1.29, 1.82) is 0 Å². The van der Waals surface area contributed by atoms with E-state index in [4.69, 9.17) is 22.7 Å². The molecule has 1 heterocycles. The number of piperidine rings is 1. The fourth-order valence-electron chi connectivity index (χ4n) is 2.60. The maximum Gasteiger partial charge on any atom is 0.328 e. The van der Waals surface area contributed by atoms with E-state index in [0.29, 0.717) is 30.8 Å². The zero-order valence-electron chi connectivity index (χ0n) is 12.0. The van der Waals surface area contributed by atoms with Crippen molar-refractivity contribution < 1.29 is 13.9 Å². The van der Waals surface area contributed by atoms with Crippen molar-refractivity contribution in [2.24, 2.45) is 5.73 Å². The second-order valence-corrected chi connectivity index (χ2v) is 5.43. The largest absolute Gasteiger partial charge is 0.464 e. The maximum atomic E-state index is 14.3. The van der Waals surface area contributed by atoms with E-state index in [0.717, 1.165) is 12.8 Å². The number of halogens is 1. The number of nitrogens with two attached hydrogens (primary N) is 1. The van der Waals surface area contributed by atoms with Gasteiger partial charge in [-0.3, -0.25) is 0 Å². The van der Waals surface area contributed by atoms with Gasteiger partial charge in [0, 0.05) is 12.1 Å². The van der Waals surface area contributed by atoms with Crippen molar-refractivity contribution in [3.05, 3.63) is 29.6 Å². The first kappa shape index (κ1) is 15.7. The number of hydrogen-bond donors (Lipinski definition) is 1. The van der Waals surface area contributed by atoms with Crippen molar-refractivity contribution in [2.75, 3.05) is 18.1 Å². The number of thiocarbonyl (C=S) groups is 1. The second-order valence-electron chi connectivity index (χ2n) is 4.99. The van der Waals surface area contributed by atoms with Crippen LogP contribution in [0.4, 0.5) is 10.1 Å². The molecular formula is C15H19FN2O2S. The van der Waals surface area contributed by atoms with Crippen LogP contribution in [0.1, 0.15) is 31.7 Å². The Morgan fingerprint density at radius 2 is 2.29 bits per heavy atom. The number of esters is 1. The zero-order chi connectivity index (χ0) is 15.4. The molecule has 2 rings (SSSR count). The Hall–Kier alpha value is -1.69. The molecule has 4 nitrogen and oxygen atoms in total. The summed E-state index contributed by atoms with van der Waals surface area (Å²) in [6.07, 6.45) is 2.54. The first-order valence-electron chi connectivity index (χ1n) is 7.07. The molecule has 1 saturated heterocycles. The number of carbonyl (C=O) groups is 1. The lowest BCUT2D eigenvalue weighted by atomic mass is 10.0. The average Bonchev–Trinajstić information content (AvgIpc) is 2.47. The van der Waals surface area contributed by atoms with E-state index in [1.54, 1.807) is 24.0 Å². The van der Waals surface area contributed by atoms with E-state index in [9.17, 15) is 9.18 Å². The molecule has 0 radical (unpaired) electrons. The molecule has 0 aliphatic carbocycles. The maximum absolute atomic E-state index is 14.3. The topological polar surface area (TPSA) is 55.6 Å². The third kappa shape index (κ3) is 3.50. The van der Waals surface area contributed by atoms with Gasteiger partial charge >= 0.3 is 5.97 Å². The number of ether oxygens (including phenoxy) is 1. The highest BCUT2D eigenvalue weighted by Gasteiger charge is 2.31. The van der Waals surface area contributed by atoms with E-state index >= 15 is 0 Å². The molecule has 0 spiro atoms. The molecular weight excluding hydrogens is 291 g/mol.